The predicted molar refractivity (Wildman–Crippen MR) is 47.0 cm³/mol. The second-order valence-electron chi connectivity index (χ2n) is 2.64. The van der Waals surface area contributed by atoms with Crippen molar-refractivity contribution in [3.8, 4) is 5.75 Å². The van der Waals surface area contributed by atoms with Crippen LogP contribution in [-0.2, 0) is 11.4 Å². The van der Waals surface area contributed by atoms with Gasteiger partial charge in [0.15, 0.2) is 18.2 Å². The van der Waals surface area contributed by atoms with Gasteiger partial charge in [0.1, 0.15) is 0 Å². The molecule has 0 aliphatic rings. The number of aliphatic hydroxyl groups excluding tert-OH is 1. The van der Waals surface area contributed by atoms with Crippen molar-refractivity contribution in [1.29, 1.82) is 0 Å². The zero-order valence-electron chi connectivity index (χ0n) is 7.37. The van der Waals surface area contributed by atoms with Crippen LogP contribution in [0.3, 0.4) is 0 Å². The van der Waals surface area contributed by atoms with Crippen LogP contribution in [0.15, 0.2) is 18.2 Å². The monoisotopic (exact) mass is 199 g/mol. The van der Waals surface area contributed by atoms with Crippen LogP contribution in [0.1, 0.15) is 5.56 Å². The van der Waals surface area contributed by atoms with Gasteiger partial charge in [0, 0.05) is 5.56 Å². The first-order chi connectivity index (χ1) is 6.65. The maximum atomic E-state index is 13.1. The van der Waals surface area contributed by atoms with Gasteiger partial charge in [0.05, 0.1) is 6.61 Å². The van der Waals surface area contributed by atoms with Crippen LogP contribution in [0.5, 0.6) is 5.75 Å². The fraction of sp³-hybridized carbons (Fsp3) is 0.222. The van der Waals surface area contributed by atoms with Gasteiger partial charge in [-0.25, -0.2) is 4.39 Å². The maximum Gasteiger partial charge on any atom is 0.255 e. The molecule has 0 bridgehead atoms. The molecule has 0 aliphatic carbocycles. The minimum absolute atomic E-state index is 0.131. The molecule has 1 rings (SSSR count). The minimum atomic E-state index is -0.697. The van der Waals surface area contributed by atoms with Crippen LogP contribution >= 0.6 is 0 Å². The Morgan fingerprint density at radius 1 is 1.57 bits per heavy atom. The summed E-state index contributed by atoms with van der Waals surface area (Å²) in [5.74, 6) is -1.45. The molecule has 0 aliphatic heterocycles. The van der Waals surface area contributed by atoms with E-state index >= 15 is 0 Å². The smallest absolute Gasteiger partial charge is 0.255 e. The number of halogens is 1. The molecule has 0 atom stereocenters. The molecule has 4 nitrogen and oxygen atoms in total. The molecule has 0 aromatic heterocycles. The molecular weight excluding hydrogens is 189 g/mol. The Morgan fingerprint density at radius 3 is 2.86 bits per heavy atom. The van der Waals surface area contributed by atoms with Crippen LogP contribution in [-0.4, -0.2) is 17.6 Å². The second-order valence-corrected chi connectivity index (χ2v) is 2.64. The first-order valence-electron chi connectivity index (χ1n) is 3.94. The number of hydrogen-bond acceptors (Lipinski definition) is 3. The molecule has 0 unspecified atom stereocenters. The van der Waals surface area contributed by atoms with E-state index in [1.54, 1.807) is 0 Å². The van der Waals surface area contributed by atoms with E-state index in [1.807, 2.05) is 0 Å². The highest BCUT2D eigenvalue weighted by molar-refractivity contribution is 5.75. The van der Waals surface area contributed by atoms with E-state index in [1.165, 1.54) is 18.2 Å². The summed E-state index contributed by atoms with van der Waals surface area (Å²) in [6.07, 6.45) is 0. The summed E-state index contributed by atoms with van der Waals surface area (Å²) in [6.45, 7) is -0.764. The molecule has 3 N–H and O–H groups in total. The average Bonchev–Trinajstić information content (AvgIpc) is 2.15. The SMILES string of the molecule is NC(=O)COc1c(F)cccc1CO. The highest BCUT2D eigenvalue weighted by Gasteiger charge is 2.09. The first-order valence-corrected chi connectivity index (χ1v) is 3.94. The highest BCUT2D eigenvalue weighted by atomic mass is 19.1. The maximum absolute atomic E-state index is 13.1. The van der Waals surface area contributed by atoms with Gasteiger partial charge in [-0.1, -0.05) is 12.1 Å². The lowest BCUT2D eigenvalue weighted by Gasteiger charge is -2.08. The molecule has 1 aromatic rings. The van der Waals surface area contributed by atoms with Crippen molar-refractivity contribution in [2.45, 2.75) is 6.61 Å². The molecule has 0 saturated heterocycles. The fourth-order valence-electron chi connectivity index (χ4n) is 0.983. The number of benzene rings is 1. The molecule has 76 valence electrons. The standard InChI is InChI=1S/C9H10FNO3/c10-7-3-1-2-6(4-12)9(7)14-5-8(11)13/h1-3,12H,4-5H2,(H2,11,13). The van der Waals surface area contributed by atoms with Gasteiger partial charge in [-0.3, -0.25) is 4.79 Å². The van der Waals surface area contributed by atoms with Gasteiger partial charge in [0.25, 0.3) is 5.91 Å². The third kappa shape index (κ3) is 2.43. The van der Waals surface area contributed by atoms with E-state index < -0.39 is 18.3 Å². The number of carbonyl (C=O) groups is 1. The van der Waals surface area contributed by atoms with E-state index in [0.29, 0.717) is 0 Å². The lowest BCUT2D eigenvalue weighted by Crippen LogP contribution is -2.20. The van der Waals surface area contributed by atoms with E-state index in [4.69, 9.17) is 15.6 Å². The summed E-state index contributed by atoms with van der Waals surface area (Å²) < 4.78 is 17.9. The van der Waals surface area contributed by atoms with Crippen LogP contribution in [0.2, 0.25) is 0 Å². The Balaban J connectivity index is 2.87. The number of aliphatic hydroxyl groups is 1. The second kappa shape index (κ2) is 4.57. The molecule has 0 heterocycles. The number of primary amides is 1. The number of rotatable bonds is 4. The van der Waals surface area contributed by atoms with Gasteiger partial charge in [0.2, 0.25) is 0 Å². The molecule has 0 spiro atoms. The third-order valence-electron chi connectivity index (χ3n) is 1.58. The lowest BCUT2D eigenvalue weighted by atomic mass is 10.2. The summed E-state index contributed by atoms with van der Waals surface area (Å²) in [5, 5.41) is 8.85. The van der Waals surface area contributed by atoms with Crippen molar-refractivity contribution >= 4 is 5.91 Å². The Kier molecular flexibility index (Phi) is 3.41. The molecule has 14 heavy (non-hydrogen) atoms. The Morgan fingerprint density at radius 2 is 2.29 bits per heavy atom. The van der Waals surface area contributed by atoms with Crippen molar-refractivity contribution in [3.63, 3.8) is 0 Å². The number of hydrogen-bond donors (Lipinski definition) is 2. The van der Waals surface area contributed by atoms with Gasteiger partial charge >= 0.3 is 0 Å². The summed E-state index contributed by atoms with van der Waals surface area (Å²) in [4.78, 5) is 10.4. The molecule has 0 saturated carbocycles. The third-order valence-corrected chi connectivity index (χ3v) is 1.58. The molecule has 0 fully saturated rings. The topological polar surface area (TPSA) is 72.6 Å². The summed E-state index contributed by atoms with van der Waals surface area (Å²) in [5.41, 5.74) is 5.12. The molecule has 5 heteroatoms. The number of carbonyl (C=O) groups excluding carboxylic acids is 1. The average molecular weight is 199 g/mol. The van der Waals surface area contributed by atoms with Crippen LogP contribution in [0, 0.1) is 5.82 Å². The largest absolute Gasteiger partial charge is 0.480 e. The van der Waals surface area contributed by atoms with Crippen molar-refractivity contribution in [2.24, 2.45) is 5.73 Å². The van der Waals surface area contributed by atoms with E-state index in [2.05, 4.69) is 0 Å². The Labute approximate surface area is 80.1 Å². The summed E-state index contributed by atoms with van der Waals surface area (Å²) in [6, 6.07) is 4.12. The zero-order valence-corrected chi connectivity index (χ0v) is 7.37. The zero-order chi connectivity index (χ0) is 10.6. The fourth-order valence-corrected chi connectivity index (χ4v) is 0.983. The van der Waals surface area contributed by atoms with E-state index in [-0.39, 0.29) is 17.9 Å². The molecule has 1 amide bonds. The molecule has 1 aromatic carbocycles. The predicted octanol–water partition coefficient (Wildman–Crippen LogP) is 0.182. The number of para-hydroxylation sites is 1. The van der Waals surface area contributed by atoms with Crippen LogP contribution < -0.4 is 10.5 Å². The Bertz CT molecular complexity index is 341. The van der Waals surface area contributed by atoms with Gasteiger partial charge in [-0.05, 0) is 6.07 Å². The van der Waals surface area contributed by atoms with Crippen LogP contribution in [0.25, 0.3) is 0 Å². The van der Waals surface area contributed by atoms with E-state index in [9.17, 15) is 9.18 Å². The van der Waals surface area contributed by atoms with Crippen molar-refractivity contribution in [3.05, 3.63) is 29.6 Å². The number of ether oxygens (including phenoxy) is 1. The lowest BCUT2D eigenvalue weighted by molar-refractivity contribution is -0.120. The highest BCUT2D eigenvalue weighted by Crippen LogP contribution is 2.22. The number of nitrogens with two attached hydrogens (primary N) is 1. The molecule has 0 radical (unpaired) electrons. The number of amides is 1. The van der Waals surface area contributed by atoms with Crippen molar-refractivity contribution < 1.29 is 19.0 Å². The minimum Gasteiger partial charge on any atom is -0.480 e. The summed E-state index contributed by atoms with van der Waals surface area (Å²) in [7, 11) is 0. The quantitative estimate of drug-likeness (QED) is 0.726. The first kappa shape index (κ1) is 10.5. The molecular formula is C9H10FNO3. The van der Waals surface area contributed by atoms with Crippen molar-refractivity contribution in [2.75, 3.05) is 6.61 Å². The van der Waals surface area contributed by atoms with E-state index in [0.717, 1.165) is 0 Å². The Hall–Kier alpha value is -1.62. The van der Waals surface area contributed by atoms with Crippen LogP contribution in [0.4, 0.5) is 4.39 Å². The normalized spacial score (nSPS) is 9.86. The summed E-state index contributed by atoms with van der Waals surface area (Å²) >= 11 is 0. The van der Waals surface area contributed by atoms with Gasteiger partial charge < -0.3 is 15.6 Å². The van der Waals surface area contributed by atoms with Gasteiger partial charge in [-0.15, -0.1) is 0 Å². The van der Waals surface area contributed by atoms with Gasteiger partial charge in [-0.2, -0.15) is 0 Å². The van der Waals surface area contributed by atoms with Crippen molar-refractivity contribution in [1.82, 2.24) is 0 Å².